The molecule has 1 aromatic heterocycles. The van der Waals surface area contributed by atoms with Gasteiger partial charge in [-0.25, -0.2) is 4.39 Å². The monoisotopic (exact) mass is 388 g/mol. The second-order valence-electron chi connectivity index (χ2n) is 7.17. The Kier molecular flexibility index (Phi) is 4.05. The van der Waals surface area contributed by atoms with E-state index in [-0.39, 0.29) is 4.92 Å². The Morgan fingerprint density at radius 1 is 0.966 bits per heavy atom. The Hall–Kier alpha value is -3.67. The first-order valence-corrected chi connectivity index (χ1v) is 9.34. The van der Waals surface area contributed by atoms with E-state index in [0.717, 1.165) is 22.0 Å². The predicted octanol–water partition coefficient (Wildman–Crippen LogP) is 5.22. The highest BCUT2D eigenvalue weighted by Gasteiger charge is 2.48. The molecule has 0 aliphatic carbocycles. The van der Waals surface area contributed by atoms with Crippen LogP contribution in [0.1, 0.15) is 28.7 Å². The number of benzene rings is 3. The van der Waals surface area contributed by atoms with Crippen molar-refractivity contribution in [3.8, 4) is 5.75 Å². The third-order valence-electron chi connectivity index (χ3n) is 5.54. The molecule has 0 spiro atoms. The lowest BCUT2D eigenvalue weighted by atomic mass is 9.78. The van der Waals surface area contributed by atoms with E-state index >= 15 is 0 Å². The lowest BCUT2D eigenvalue weighted by molar-refractivity contribution is -0.538. The van der Waals surface area contributed by atoms with Crippen LogP contribution in [0.4, 0.5) is 4.39 Å². The number of nitro groups is 1. The molecule has 144 valence electrons. The minimum Gasteiger partial charge on any atom is -0.478 e. The van der Waals surface area contributed by atoms with E-state index in [1.54, 1.807) is 18.2 Å². The van der Waals surface area contributed by atoms with Crippen LogP contribution in [0.15, 0.2) is 79.0 Å². The average molecular weight is 388 g/mol. The molecule has 3 aromatic carbocycles. The molecular formula is C23H17FN2O3. The van der Waals surface area contributed by atoms with Crippen LogP contribution < -0.4 is 4.74 Å². The van der Waals surface area contributed by atoms with Crippen LogP contribution in [0.3, 0.4) is 0 Å². The molecular weight excluding hydrogens is 371 g/mol. The number of H-pyrrole nitrogens is 1. The van der Waals surface area contributed by atoms with E-state index in [4.69, 9.17) is 4.74 Å². The molecule has 29 heavy (non-hydrogen) atoms. The van der Waals surface area contributed by atoms with Gasteiger partial charge in [-0.3, -0.25) is 10.1 Å². The molecule has 0 fully saturated rings. The van der Waals surface area contributed by atoms with E-state index in [0.29, 0.717) is 11.3 Å². The lowest BCUT2D eigenvalue weighted by Gasteiger charge is -2.34. The molecule has 1 N–H and O–H groups in total. The molecule has 0 bridgehead atoms. The van der Waals surface area contributed by atoms with Gasteiger partial charge in [0.2, 0.25) is 0 Å². The fourth-order valence-electron chi connectivity index (χ4n) is 4.29. The SMILES string of the molecule is O=[N+]([O-])C1C(c2cccc(F)c2)Oc2ccccc2C1c1c[nH]c2ccccc12. The van der Waals surface area contributed by atoms with Crippen molar-refractivity contribution >= 4 is 10.9 Å². The molecule has 4 aromatic rings. The molecule has 2 heterocycles. The summed E-state index contributed by atoms with van der Waals surface area (Å²) >= 11 is 0. The van der Waals surface area contributed by atoms with Gasteiger partial charge in [0.05, 0.1) is 5.92 Å². The van der Waals surface area contributed by atoms with E-state index in [1.165, 1.54) is 12.1 Å². The first kappa shape index (κ1) is 17.4. The standard InChI is InChI=1S/C23H17FN2O3/c24-15-7-5-6-14(12-15)23-22(26(27)28)21(17-9-2-4-11-20(17)29-23)18-13-25-19-10-3-1-8-16(18)19/h1-13,21-23,25H. The molecule has 5 rings (SSSR count). The van der Waals surface area contributed by atoms with Crippen molar-refractivity contribution in [3.05, 3.63) is 112 Å². The van der Waals surface area contributed by atoms with Crippen LogP contribution in [-0.2, 0) is 0 Å². The van der Waals surface area contributed by atoms with Crippen molar-refractivity contribution in [2.24, 2.45) is 0 Å². The highest BCUT2D eigenvalue weighted by atomic mass is 19.1. The normalized spacial score (nSPS) is 20.8. The third kappa shape index (κ3) is 2.84. The van der Waals surface area contributed by atoms with Gasteiger partial charge in [0.15, 0.2) is 6.10 Å². The highest BCUT2D eigenvalue weighted by Crippen LogP contribution is 2.48. The maximum absolute atomic E-state index is 13.9. The minimum absolute atomic E-state index is 0.308. The summed E-state index contributed by atoms with van der Waals surface area (Å²) in [6.07, 6.45) is 0.922. The molecule has 1 aliphatic heterocycles. The van der Waals surface area contributed by atoms with Gasteiger partial charge in [0.1, 0.15) is 11.6 Å². The van der Waals surface area contributed by atoms with Crippen molar-refractivity contribution < 1.29 is 14.1 Å². The van der Waals surface area contributed by atoms with E-state index < -0.39 is 23.9 Å². The fourth-order valence-corrected chi connectivity index (χ4v) is 4.29. The molecule has 0 saturated carbocycles. The zero-order valence-electron chi connectivity index (χ0n) is 15.3. The summed E-state index contributed by atoms with van der Waals surface area (Å²) in [4.78, 5) is 15.2. The maximum Gasteiger partial charge on any atom is 0.264 e. The number of fused-ring (bicyclic) bond motifs is 2. The molecule has 3 unspecified atom stereocenters. The number of hydrogen-bond donors (Lipinski definition) is 1. The van der Waals surface area contributed by atoms with E-state index in [1.807, 2.05) is 48.7 Å². The van der Waals surface area contributed by atoms with Gasteiger partial charge in [-0.15, -0.1) is 0 Å². The number of ether oxygens (including phenoxy) is 1. The Balaban J connectivity index is 1.75. The number of halogens is 1. The number of hydrogen-bond acceptors (Lipinski definition) is 3. The smallest absolute Gasteiger partial charge is 0.264 e. The topological polar surface area (TPSA) is 68.2 Å². The van der Waals surface area contributed by atoms with E-state index in [9.17, 15) is 14.5 Å². The van der Waals surface area contributed by atoms with Crippen LogP contribution >= 0.6 is 0 Å². The predicted molar refractivity (Wildman–Crippen MR) is 107 cm³/mol. The Morgan fingerprint density at radius 2 is 1.76 bits per heavy atom. The van der Waals surface area contributed by atoms with Gasteiger partial charge in [0, 0.05) is 33.1 Å². The Labute approximate surface area is 165 Å². The quantitative estimate of drug-likeness (QED) is 0.387. The first-order chi connectivity index (χ1) is 14.1. The number of rotatable bonds is 3. The van der Waals surface area contributed by atoms with Crippen LogP contribution in [0.25, 0.3) is 10.9 Å². The Morgan fingerprint density at radius 3 is 2.59 bits per heavy atom. The summed E-state index contributed by atoms with van der Waals surface area (Å²) in [5.41, 5.74) is 2.95. The summed E-state index contributed by atoms with van der Waals surface area (Å²) < 4.78 is 20.0. The summed E-state index contributed by atoms with van der Waals surface area (Å²) in [6.45, 7) is 0. The van der Waals surface area contributed by atoms with Gasteiger partial charge < -0.3 is 9.72 Å². The summed E-state index contributed by atoms with van der Waals surface area (Å²) in [5.74, 6) is -0.412. The third-order valence-corrected chi connectivity index (χ3v) is 5.54. The highest BCUT2D eigenvalue weighted by molar-refractivity contribution is 5.84. The average Bonchev–Trinajstić information content (AvgIpc) is 3.16. The van der Waals surface area contributed by atoms with Crippen molar-refractivity contribution in [2.45, 2.75) is 18.1 Å². The summed E-state index contributed by atoms with van der Waals surface area (Å²) in [7, 11) is 0. The van der Waals surface area contributed by atoms with Crippen LogP contribution in [-0.4, -0.2) is 15.9 Å². The van der Waals surface area contributed by atoms with Crippen molar-refractivity contribution in [3.63, 3.8) is 0 Å². The number of nitrogens with zero attached hydrogens (tertiary/aromatic N) is 1. The molecule has 6 heteroatoms. The molecule has 0 radical (unpaired) electrons. The van der Waals surface area contributed by atoms with Gasteiger partial charge in [-0.2, -0.15) is 0 Å². The van der Waals surface area contributed by atoms with E-state index in [2.05, 4.69) is 4.98 Å². The number of nitrogens with one attached hydrogen (secondary N) is 1. The minimum atomic E-state index is -1.11. The zero-order valence-corrected chi connectivity index (χ0v) is 15.3. The molecule has 1 aliphatic rings. The van der Waals surface area contributed by atoms with Crippen molar-refractivity contribution in [2.75, 3.05) is 0 Å². The maximum atomic E-state index is 13.9. The first-order valence-electron chi connectivity index (χ1n) is 9.34. The van der Waals surface area contributed by atoms with Gasteiger partial charge in [0.25, 0.3) is 6.04 Å². The van der Waals surface area contributed by atoms with Crippen LogP contribution in [0.2, 0.25) is 0 Å². The van der Waals surface area contributed by atoms with Gasteiger partial charge in [-0.05, 0) is 29.8 Å². The second kappa shape index (κ2) is 6.74. The number of para-hydroxylation sites is 2. The van der Waals surface area contributed by atoms with Crippen molar-refractivity contribution in [1.29, 1.82) is 0 Å². The lowest BCUT2D eigenvalue weighted by Crippen LogP contribution is -2.40. The number of aromatic nitrogens is 1. The molecule has 5 nitrogen and oxygen atoms in total. The molecule has 0 saturated heterocycles. The fraction of sp³-hybridized carbons (Fsp3) is 0.130. The summed E-state index contributed by atoms with van der Waals surface area (Å²) in [6, 6.07) is 19.8. The van der Waals surface area contributed by atoms with Crippen LogP contribution in [0, 0.1) is 15.9 Å². The van der Waals surface area contributed by atoms with Crippen LogP contribution in [0.5, 0.6) is 5.75 Å². The zero-order chi connectivity index (χ0) is 20.0. The summed E-state index contributed by atoms with van der Waals surface area (Å²) in [5, 5.41) is 13.2. The molecule has 0 amide bonds. The van der Waals surface area contributed by atoms with Gasteiger partial charge >= 0.3 is 0 Å². The molecule has 3 atom stereocenters. The van der Waals surface area contributed by atoms with Gasteiger partial charge in [-0.1, -0.05) is 48.5 Å². The largest absolute Gasteiger partial charge is 0.478 e. The Bertz CT molecular complexity index is 1220. The second-order valence-corrected chi connectivity index (χ2v) is 7.17. The number of aromatic amines is 1. The van der Waals surface area contributed by atoms with Crippen molar-refractivity contribution in [1.82, 2.24) is 4.98 Å².